The summed E-state index contributed by atoms with van der Waals surface area (Å²) in [4.78, 5) is 10.8. The van der Waals surface area contributed by atoms with Crippen molar-refractivity contribution in [3.05, 3.63) is 0 Å². The first-order valence-electron chi connectivity index (χ1n) is 5.15. The van der Waals surface area contributed by atoms with E-state index in [0.29, 0.717) is 18.4 Å². The van der Waals surface area contributed by atoms with Crippen molar-refractivity contribution < 1.29 is 9.53 Å². The summed E-state index contributed by atoms with van der Waals surface area (Å²) < 4.78 is 4.48. The molecule has 0 spiro atoms. The minimum atomic E-state index is -0.363. The Kier molecular flexibility index (Phi) is 31.3. The van der Waals surface area contributed by atoms with E-state index in [1.807, 2.05) is 0 Å². The second kappa shape index (κ2) is 18.6. The summed E-state index contributed by atoms with van der Waals surface area (Å²) in [7, 11) is 1.37. The molecule has 4 heteroatoms. The van der Waals surface area contributed by atoms with Crippen LogP contribution in [0.1, 0.15) is 56.4 Å². The van der Waals surface area contributed by atoms with Crippen LogP contribution < -0.4 is 11.1 Å². The fraction of sp³-hybridized carbons (Fsp3) is 0.929. The number of hydrogen-bond donors (Lipinski definition) is 2. The lowest BCUT2D eigenvalue weighted by Gasteiger charge is -2.18. The van der Waals surface area contributed by atoms with E-state index in [0.717, 1.165) is 19.4 Å². The van der Waals surface area contributed by atoms with Gasteiger partial charge < -0.3 is 15.8 Å². The molecule has 0 saturated heterocycles. The molecular formula is C14H38N2O2. The lowest BCUT2D eigenvalue weighted by Crippen LogP contribution is -2.29. The van der Waals surface area contributed by atoms with Crippen LogP contribution in [0.15, 0.2) is 0 Å². The van der Waals surface area contributed by atoms with Crippen molar-refractivity contribution in [3.8, 4) is 0 Å². The maximum Gasteiger partial charge on any atom is 0.406 e. The first kappa shape index (κ1) is 30.3. The highest BCUT2D eigenvalue weighted by Crippen LogP contribution is 2.13. The molecule has 3 N–H and O–H groups in total. The van der Waals surface area contributed by atoms with Crippen LogP contribution in [0.25, 0.3) is 0 Å². The molecule has 0 heterocycles. The molecule has 1 amide bonds. The summed E-state index contributed by atoms with van der Waals surface area (Å²) in [5.41, 5.74) is 5.60. The van der Waals surface area contributed by atoms with Gasteiger partial charge in [-0.15, -0.1) is 0 Å². The minimum Gasteiger partial charge on any atom is -0.453 e. The molecule has 0 bridgehead atoms. The van der Waals surface area contributed by atoms with Crippen molar-refractivity contribution in [1.29, 1.82) is 0 Å². The lowest BCUT2D eigenvalue weighted by atomic mass is 9.94. The van der Waals surface area contributed by atoms with Crippen LogP contribution in [0.3, 0.4) is 0 Å². The fourth-order valence-electron chi connectivity index (χ4n) is 1.41. The third kappa shape index (κ3) is 15.2. The number of methoxy groups -OCH3 is 1. The zero-order valence-corrected chi connectivity index (χ0v) is 9.38. The maximum absolute atomic E-state index is 10.8. The van der Waals surface area contributed by atoms with E-state index in [1.165, 1.54) is 7.11 Å². The Balaban J connectivity index is -0.000000141. The molecule has 0 rings (SSSR count). The molecule has 0 aromatic heterocycles. The Morgan fingerprint density at radius 1 is 1.28 bits per heavy atom. The number of hydrogen-bond acceptors (Lipinski definition) is 3. The van der Waals surface area contributed by atoms with Crippen LogP contribution in [0.4, 0.5) is 4.79 Å². The number of carbonyl (C=O) groups excluding carboxylic acids is 1. The topological polar surface area (TPSA) is 64.3 Å². The summed E-state index contributed by atoms with van der Waals surface area (Å²) in [6.45, 7) is 5.62. The number of alkyl carbamates (subject to hydrolysis) is 1. The molecule has 0 aliphatic heterocycles. The Bertz CT molecular complexity index is 160. The van der Waals surface area contributed by atoms with Gasteiger partial charge >= 0.3 is 6.09 Å². The third-order valence-electron chi connectivity index (χ3n) is 2.43. The number of nitrogens with one attached hydrogen (secondary N) is 1. The Hall–Kier alpha value is -0.770. The van der Waals surface area contributed by atoms with Gasteiger partial charge in [0.05, 0.1) is 7.11 Å². The van der Waals surface area contributed by atoms with Gasteiger partial charge in [-0.3, -0.25) is 0 Å². The molecule has 0 radical (unpaired) electrons. The highest BCUT2D eigenvalue weighted by molar-refractivity contribution is 5.66. The first-order chi connectivity index (χ1) is 6.63. The Morgan fingerprint density at radius 3 is 2.11 bits per heavy atom. The molecule has 0 aromatic carbocycles. The molecule has 2 atom stereocenters. The predicted molar refractivity (Wildman–Crippen MR) is 83.9 cm³/mol. The van der Waals surface area contributed by atoms with Crippen molar-refractivity contribution in [2.45, 2.75) is 56.4 Å². The van der Waals surface area contributed by atoms with Gasteiger partial charge in [0.2, 0.25) is 0 Å². The largest absolute Gasteiger partial charge is 0.453 e. The van der Waals surface area contributed by atoms with E-state index in [9.17, 15) is 4.79 Å². The standard InChI is InChI=1S/C10H22N2O2.4CH4/c1-4-9(6-11)5-8(2)7-12-10(13)14-3;;;;/h8-9H,4-7,11H2,1-3H3,(H,12,13);4*1H4. The van der Waals surface area contributed by atoms with E-state index in [1.54, 1.807) is 0 Å². The maximum atomic E-state index is 10.8. The van der Waals surface area contributed by atoms with Gasteiger partial charge in [-0.05, 0) is 24.8 Å². The first-order valence-corrected chi connectivity index (χ1v) is 5.15. The molecular weight excluding hydrogens is 228 g/mol. The van der Waals surface area contributed by atoms with Crippen molar-refractivity contribution >= 4 is 6.09 Å². The SMILES string of the molecule is C.C.C.C.CCC(CN)CC(C)CNC(=O)OC. The van der Waals surface area contributed by atoms with Gasteiger partial charge in [0, 0.05) is 6.54 Å². The van der Waals surface area contributed by atoms with Crippen molar-refractivity contribution in [2.75, 3.05) is 20.2 Å². The van der Waals surface area contributed by atoms with Crippen LogP contribution in [0, 0.1) is 11.8 Å². The van der Waals surface area contributed by atoms with Crippen LogP contribution >= 0.6 is 0 Å². The highest BCUT2D eigenvalue weighted by atomic mass is 16.5. The van der Waals surface area contributed by atoms with Gasteiger partial charge in [0.1, 0.15) is 0 Å². The minimum absolute atomic E-state index is 0. The predicted octanol–water partition coefficient (Wildman–Crippen LogP) is 3.90. The summed E-state index contributed by atoms with van der Waals surface area (Å²) >= 11 is 0. The summed E-state index contributed by atoms with van der Waals surface area (Å²) in [6.07, 6.45) is 1.79. The average Bonchev–Trinajstić information content (AvgIpc) is 2.22. The molecule has 0 fully saturated rings. The second-order valence-corrected chi connectivity index (χ2v) is 3.72. The normalized spacial score (nSPS) is 11.3. The molecule has 0 aromatic rings. The van der Waals surface area contributed by atoms with Crippen LogP contribution in [0.2, 0.25) is 0 Å². The second-order valence-electron chi connectivity index (χ2n) is 3.72. The number of ether oxygens (including phenoxy) is 1. The molecule has 18 heavy (non-hydrogen) atoms. The fourth-order valence-corrected chi connectivity index (χ4v) is 1.41. The number of amides is 1. The van der Waals surface area contributed by atoms with Gasteiger partial charge in [-0.2, -0.15) is 0 Å². The summed E-state index contributed by atoms with van der Waals surface area (Å²) in [5, 5.41) is 2.68. The van der Waals surface area contributed by atoms with Crippen LogP contribution in [0.5, 0.6) is 0 Å². The van der Waals surface area contributed by atoms with Gasteiger partial charge in [-0.25, -0.2) is 4.79 Å². The molecule has 0 aliphatic rings. The number of rotatable bonds is 6. The zero-order chi connectivity index (χ0) is 11.0. The Morgan fingerprint density at radius 2 is 1.78 bits per heavy atom. The summed E-state index contributed by atoms with van der Waals surface area (Å²) in [5.74, 6) is 1.01. The Labute approximate surface area is 116 Å². The van der Waals surface area contributed by atoms with E-state index in [2.05, 4.69) is 23.9 Å². The highest BCUT2D eigenvalue weighted by Gasteiger charge is 2.10. The van der Waals surface area contributed by atoms with Gasteiger partial charge in [-0.1, -0.05) is 50.0 Å². The zero-order valence-electron chi connectivity index (χ0n) is 9.38. The van der Waals surface area contributed by atoms with E-state index < -0.39 is 0 Å². The quantitative estimate of drug-likeness (QED) is 0.766. The monoisotopic (exact) mass is 266 g/mol. The molecule has 0 aliphatic carbocycles. The van der Waals surface area contributed by atoms with Gasteiger partial charge in [0.15, 0.2) is 0 Å². The van der Waals surface area contributed by atoms with Crippen LogP contribution in [-0.2, 0) is 4.74 Å². The van der Waals surface area contributed by atoms with E-state index in [-0.39, 0.29) is 35.8 Å². The molecule has 4 nitrogen and oxygen atoms in total. The number of carbonyl (C=O) groups is 1. The molecule has 116 valence electrons. The summed E-state index contributed by atoms with van der Waals surface area (Å²) in [6, 6.07) is 0. The van der Waals surface area contributed by atoms with Gasteiger partial charge in [0.25, 0.3) is 0 Å². The van der Waals surface area contributed by atoms with E-state index >= 15 is 0 Å². The van der Waals surface area contributed by atoms with Crippen LogP contribution in [-0.4, -0.2) is 26.3 Å². The van der Waals surface area contributed by atoms with Crippen molar-refractivity contribution in [2.24, 2.45) is 17.6 Å². The molecule has 2 unspecified atom stereocenters. The smallest absolute Gasteiger partial charge is 0.406 e. The van der Waals surface area contributed by atoms with E-state index in [4.69, 9.17) is 5.73 Å². The van der Waals surface area contributed by atoms with Crippen molar-refractivity contribution in [1.82, 2.24) is 5.32 Å². The number of nitrogens with two attached hydrogens (primary N) is 1. The third-order valence-corrected chi connectivity index (χ3v) is 2.43. The lowest BCUT2D eigenvalue weighted by molar-refractivity contribution is 0.168. The average molecular weight is 266 g/mol. The van der Waals surface area contributed by atoms with Crippen molar-refractivity contribution in [3.63, 3.8) is 0 Å². The molecule has 0 saturated carbocycles.